The minimum Gasteiger partial charge on any atom is -0.391 e. The Morgan fingerprint density at radius 3 is 2.47 bits per heavy atom. The van der Waals surface area contributed by atoms with Crippen LogP contribution in [-0.4, -0.2) is 28.7 Å². The Kier molecular flexibility index (Phi) is 2.26. The summed E-state index contributed by atoms with van der Waals surface area (Å²) < 4.78 is 0. The van der Waals surface area contributed by atoms with Crippen molar-refractivity contribution in [3.63, 3.8) is 0 Å². The Bertz CT molecular complexity index is 334. The molecule has 80 valence electrons. The van der Waals surface area contributed by atoms with Gasteiger partial charge in [0.25, 0.3) is 0 Å². The molecule has 1 aliphatic carbocycles. The molecule has 0 amide bonds. The van der Waals surface area contributed by atoms with Crippen LogP contribution in [-0.2, 0) is 0 Å². The molecule has 2 aliphatic rings. The highest BCUT2D eigenvalue weighted by atomic mass is 16.3. The molecular formula is C13H17NO. The standard InChI is InChI=1S/C13H17NO/c15-12-8-9-14(11-6-7-11)13(12)10-4-2-1-3-5-10/h1-5,11-13,15H,6-9H2. The van der Waals surface area contributed by atoms with E-state index in [4.69, 9.17) is 0 Å². The molecule has 0 bridgehead atoms. The number of aliphatic hydroxyl groups excluding tert-OH is 1. The van der Waals surface area contributed by atoms with Crippen LogP contribution in [0, 0.1) is 0 Å². The summed E-state index contributed by atoms with van der Waals surface area (Å²) >= 11 is 0. The molecule has 15 heavy (non-hydrogen) atoms. The summed E-state index contributed by atoms with van der Waals surface area (Å²) in [5.74, 6) is 0. The van der Waals surface area contributed by atoms with Crippen LogP contribution in [0.3, 0.4) is 0 Å². The Morgan fingerprint density at radius 1 is 1.07 bits per heavy atom. The smallest absolute Gasteiger partial charge is 0.0749 e. The fourth-order valence-corrected chi connectivity index (χ4v) is 2.68. The Hall–Kier alpha value is -0.860. The van der Waals surface area contributed by atoms with Gasteiger partial charge < -0.3 is 5.11 Å². The first-order chi connectivity index (χ1) is 7.36. The summed E-state index contributed by atoms with van der Waals surface area (Å²) in [6.07, 6.45) is 3.38. The lowest BCUT2D eigenvalue weighted by atomic mass is 10.0. The molecule has 2 nitrogen and oxygen atoms in total. The maximum Gasteiger partial charge on any atom is 0.0749 e. The van der Waals surface area contributed by atoms with Gasteiger partial charge in [-0.05, 0) is 24.8 Å². The van der Waals surface area contributed by atoms with E-state index >= 15 is 0 Å². The van der Waals surface area contributed by atoms with Crippen molar-refractivity contribution in [3.05, 3.63) is 35.9 Å². The second kappa shape index (κ2) is 3.62. The largest absolute Gasteiger partial charge is 0.391 e. The van der Waals surface area contributed by atoms with Crippen molar-refractivity contribution in [3.8, 4) is 0 Å². The first kappa shape index (κ1) is 9.37. The third kappa shape index (κ3) is 1.68. The van der Waals surface area contributed by atoms with Gasteiger partial charge in [-0.1, -0.05) is 30.3 Å². The second-order valence-electron chi connectivity index (χ2n) is 4.68. The molecule has 2 heteroatoms. The molecule has 1 saturated carbocycles. The maximum atomic E-state index is 10.0. The van der Waals surface area contributed by atoms with Gasteiger partial charge >= 0.3 is 0 Å². The number of hydrogen-bond acceptors (Lipinski definition) is 2. The van der Waals surface area contributed by atoms with E-state index < -0.39 is 0 Å². The first-order valence-electron chi connectivity index (χ1n) is 5.85. The molecule has 1 N–H and O–H groups in total. The lowest BCUT2D eigenvalue weighted by molar-refractivity contribution is 0.112. The minimum atomic E-state index is -0.173. The van der Waals surface area contributed by atoms with Gasteiger partial charge in [-0.2, -0.15) is 0 Å². The summed E-state index contributed by atoms with van der Waals surface area (Å²) in [6, 6.07) is 11.4. The molecular weight excluding hydrogens is 186 g/mol. The van der Waals surface area contributed by atoms with Crippen LogP contribution in [0.5, 0.6) is 0 Å². The molecule has 3 rings (SSSR count). The Morgan fingerprint density at radius 2 is 1.80 bits per heavy atom. The van der Waals surface area contributed by atoms with Crippen LogP contribution in [0.4, 0.5) is 0 Å². The molecule has 1 aliphatic heterocycles. The summed E-state index contributed by atoms with van der Waals surface area (Å²) in [5, 5.41) is 10.0. The van der Waals surface area contributed by atoms with Crippen molar-refractivity contribution in [2.24, 2.45) is 0 Å². The summed E-state index contributed by atoms with van der Waals surface area (Å²) in [7, 11) is 0. The highest BCUT2D eigenvalue weighted by Crippen LogP contribution is 2.40. The number of rotatable bonds is 2. The summed E-state index contributed by atoms with van der Waals surface area (Å²) in [4.78, 5) is 2.49. The number of aliphatic hydroxyl groups is 1. The quantitative estimate of drug-likeness (QED) is 0.794. The topological polar surface area (TPSA) is 23.5 Å². The number of likely N-dealkylation sites (tertiary alicyclic amines) is 1. The molecule has 1 aromatic carbocycles. The Balaban J connectivity index is 1.88. The van der Waals surface area contributed by atoms with E-state index in [9.17, 15) is 5.11 Å². The average Bonchev–Trinajstić information content (AvgIpc) is 3.04. The zero-order chi connectivity index (χ0) is 10.3. The van der Waals surface area contributed by atoms with E-state index in [1.54, 1.807) is 0 Å². The van der Waals surface area contributed by atoms with Crippen LogP contribution in [0.15, 0.2) is 30.3 Å². The zero-order valence-corrected chi connectivity index (χ0v) is 8.84. The van der Waals surface area contributed by atoms with Crippen molar-refractivity contribution in [2.45, 2.75) is 37.5 Å². The predicted molar refractivity (Wildman–Crippen MR) is 59.5 cm³/mol. The molecule has 1 heterocycles. The van der Waals surface area contributed by atoms with E-state index in [0.717, 1.165) is 19.0 Å². The maximum absolute atomic E-state index is 10.0. The molecule has 2 atom stereocenters. The lowest BCUT2D eigenvalue weighted by Crippen LogP contribution is -2.29. The van der Waals surface area contributed by atoms with Gasteiger partial charge in [0.1, 0.15) is 0 Å². The SMILES string of the molecule is OC1CCN(C2CC2)C1c1ccccc1. The number of nitrogens with zero attached hydrogens (tertiary/aromatic N) is 1. The molecule has 1 saturated heterocycles. The van der Waals surface area contributed by atoms with Gasteiger partial charge in [-0.15, -0.1) is 0 Å². The monoisotopic (exact) mass is 203 g/mol. The molecule has 1 aromatic rings. The fourth-order valence-electron chi connectivity index (χ4n) is 2.68. The van der Waals surface area contributed by atoms with Gasteiger partial charge in [0.05, 0.1) is 12.1 Å². The fraction of sp³-hybridized carbons (Fsp3) is 0.538. The van der Waals surface area contributed by atoms with Gasteiger partial charge in [0.2, 0.25) is 0 Å². The average molecular weight is 203 g/mol. The second-order valence-corrected chi connectivity index (χ2v) is 4.68. The lowest BCUT2D eigenvalue weighted by Gasteiger charge is -2.26. The van der Waals surface area contributed by atoms with Crippen molar-refractivity contribution < 1.29 is 5.11 Å². The van der Waals surface area contributed by atoms with Crippen molar-refractivity contribution in [1.82, 2.24) is 4.90 Å². The molecule has 0 aromatic heterocycles. The van der Waals surface area contributed by atoms with Gasteiger partial charge in [-0.25, -0.2) is 0 Å². The van der Waals surface area contributed by atoms with Gasteiger partial charge in [0.15, 0.2) is 0 Å². The predicted octanol–water partition coefficient (Wildman–Crippen LogP) is 1.96. The normalized spacial score (nSPS) is 32.1. The Labute approximate surface area is 90.5 Å². The summed E-state index contributed by atoms with van der Waals surface area (Å²) in [6.45, 7) is 1.06. The van der Waals surface area contributed by atoms with E-state index in [1.165, 1.54) is 18.4 Å². The third-order valence-corrected chi connectivity index (χ3v) is 3.56. The van der Waals surface area contributed by atoms with Crippen LogP contribution >= 0.6 is 0 Å². The molecule has 0 spiro atoms. The van der Waals surface area contributed by atoms with Gasteiger partial charge in [0, 0.05) is 12.6 Å². The molecule has 2 unspecified atom stereocenters. The van der Waals surface area contributed by atoms with Crippen molar-refractivity contribution >= 4 is 0 Å². The number of hydrogen-bond donors (Lipinski definition) is 1. The van der Waals surface area contributed by atoms with E-state index in [0.29, 0.717) is 0 Å². The van der Waals surface area contributed by atoms with E-state index in [1.807, 2.05) is 6.07 Å². The van der Waals surface area contributed by atoms with Crippen LogP contribution in [0.1, 0.15) is 30.9 Å². The van der Waals surface area contributed by atoms with E-state index in [2.05, 4.69) is 29.2 Å². The number of benzene rings is 1. The van der Waals surface area contributed by atoms with Crippen molar-refractivity contribution in [1.29, 1.82) is 0 Å². The van der Waals surface area contributed by atoms with Crippen molar-refractivity contribution in [2.75, 3.05) is 6.54 Å². The summed E-state index contributed by atoms with van der Waals surface area (Å²) in [5.41, 5.74) is 1.27. The van der Waals surface area contributed by atoms with Gasteiger partial charge in [-0.3, -0.25) is 4.90 Å². The zero-order valence-electron chi connectivity index (χ0n) is 8.84. The minimum absolute atomic E-state index is 0.173. The molecule has 0 radical (unpaired) electrons. The highest BCUT2D eigenvalue weighted by molar-refractivity contribution is 5.22. The molecule has 2 fully saturated rings. The van der Waals surface area contributed by atoms with Crippen LogP contribution in [0.2, 0.25) is 0 Å². The van der Waals surface area contributed by atoms with Crippen LogP contribution < -0.4 is 0 Å². The third-order valence-electron chi connectivity index (χ3n) is 3.56. The van der Waals surface area contributed by atoms with Crippen LogP contribution in [0.25, 0.3) is 0 Å². The highest BCUT2D eigenvalue weighted by Gasteiger charge is 2.41. The first-order valence-corrected chi connectivity index (χ1v) is 5.85. The van der Waals surface area contributed by atoms with E-state index in [-0.39, 0.29) is 12.1 Å².